The van der Waals surface area contributed by atoms with Gasteiger partial charge in [0, 0.05) is 0 Å². The molecule has 0 aliphatic heterocycles. The third-order valence-corrected chi connectivity index (χ3v) is 2.66. The van der Waals surface area contributed by atoms with Gasteiger partial charge in [-0.15, -0.1) is 0 Å². The Morgan fingerprint density at radius 1 is 0.917 bits per heavy atom. The van der Waals surface area contributed by atoms with Gasteiger partial charge in [0.25, 0.3) is 0 Å². The van der Waals surface area contributed by atoms with Crippen LogP contribution >= 0.6 is 0 Å². The van der Waals surface area contributed by atoms with E-state index in [-0.39, 0.29) is 0 Å². The fourth-order valence-corrected chi connectivity index (χ4v) is 1.58. The molecule has 0 bridgehead atoms. The van der Waals surface area contributed by atoms with E-state index in [9.17, 15) is 0 Å². The molecule has 76 valence electrons. The predicted molar refractivity (Wildman–Crippen MR) is 59.6 cm³/mol. The molecule has 12 heavy (non-hydrogen) atoms. The maximum absolute atomic E-state index is 2.42. The molecular formula is C12H28. The van der Waals surface area contributed by atoms with E-state index >= 15 is 0 Å². The molecule has 0 aromatic heterocycles. The zero-order valence-electron chi connectivity index (χ0n) is 10.0. The molecule has 0 radical (unpaired) electrons. The standard InChI is InChI=1S/C8H16.2C2H6/c1-3-8(2)6-4-5-7-8;2*1-2/h3-7H2,1-2H3;2*1-2H3. The van der Waals surface area contributed by atoms with E-state index in [0.717, 1.165) is 5.41 Å². The maximum Gasteiger partial charge on any atom is -0.0328 e. The van der Waals surface area contributed by atoms with Crippen LogP contribution in [0, 0.1) is 5.41 Å². The third-order valence-electron chi connectivity index (χ3n) is 2.66. The molecule has 0 saturated heterocycles. The Labute approximate surface area is 79.8 Å². The van der Waals surface area contributed by atoms with Gasteiger partial charge in [0.15, 0.2) is 0 Å². The average Bonchev–Trinajstić information content (AvgIpc) is 2.60. The number of hydrogen-bond acceptors (Lipinski definition) is 0. The molecule has 1 saturated carbocycles. The molecule has 0 unspecified atom stereocenters. The van der Waals surface area contributed by atoms with E-state index in [1.807, 2.05) is 27.7 Å². The van der Waals surface area contributed by atoms with Gasteiger partial charge in [-0.3, -0.25) is 0 Å². The van der Waals surface area contributed by atoms with Crippen LogP contribution in [0.4, 0.5) is 0 Å². The van der Waals surface area contributed by atoms with E-state index in [2.05, 4.69) is 13.8 Å². The van der Waals surface area contributed by atoms with E-state index < -0.39 is 0 Å². The summed E-state index contributed by atoms with van der Waals surface area (Å²) in [4.78, 5) is 0. The molecule has 1 rings (SSSR count). The largest absolute Gasteiger partial charge is 0.0683 e. The molecule has 0 heterocycles. The lowest BCUT2D eigenvalue weighted by atomic mass is 9.86. The second-order valence-corrected chi connectivity index (χ2v) is 3.37. The van der Waals surface area contributed by atoms with E-state index in [4.69, 9.17) is 0 Å². The lowest BCUT2D eigenvalue weighted by Gasteiger charge is -2.19. The van der Waals surface area contributed by atoms with Gasteiger partial charge in [0.05, 0.1) is 0 Å². The van der Waals surface area contributed by atoms with Crippen molar-refractivity contribution in [2.45, 2.75) is 73.6 Å². The van der Waals surface area contributed by atoms with Crippen molar-refractivity contribution >= 4 is 0 Å². The van der Waals surface area contributed by atoms with Crippen LogP contribution in [0.3, 0.4) is 0 Å². The second kappa shape index (κ2) is 9.09. The zero-order valence-corrected chi connectivity index (χ0v) is 10.0. The first-order valence-corrected chi connectivity index (χ1v) is 5.77. The van der Waals surface area contributed by atoms with E-state index in [1.165, 1.54) is 32.1 Å². The van der Waals surface area contributed by atoms with Crippen LogP contribution in [0.25, 0.3) is 0 Å². The summed E-state index contributed by atoms with van der Waals surface area (Å²) in [6.07, 6.45) is 7.29. The minimum atomic E-state index is 0.736. The molecule has 0 amide bonds. The fraction of sp³-hybridized carbons (Fsp3) is 1.00. The van der Waals surface area contributed by atoms with Crippen LogP contribution < -0.4 is 0 Å². The SMILES string of the molecule is CC.CC.CCC1(C)CCCC1. The first-order valence-electron chi connectivity index (χ1n) is 5.77. The second-order valence-electron chi connectivity index (χ2n) is 3.37. The molecule has 0 aromatic carbocycles. The molecule has 1 fully saturated rings. The maximum atomic E-state index is 2.42. The normalized spacial score (nSPS) is 18.5. The summed E-state index contributed by atoms with van der Waals surface area (Å²) in [7, 11) is 0. The van der Waals surface area contributed by atoms with Gasteiger partial charge in [0.2, 0.25) is 0 Å². The minimum absolute atomic E-state index is 0.736. The molecule has 1 aliphatic carbocycles. The minimum Gasteiger partial charge on any atom is -0.0683 e. The van der Waals surface area contributed by atoms with Crippen LogP contribution in [-0.2, 0) is 0 Å². The molecule has 1 aliphatic rings. The van der Waals surface area contributed by atoms with Crippen LogP contribution in [0.15, 0.2) is 0 Å². The summed E-state index contributed by atoms with van der Waals surface area (Å²) in [6.45, 7) is 12.7. The summed E-state index contributed by atoms with van der Waals surface area (Å²) >= 11 is 0. The summed E-state index contributed by atoms with van der Waals surface area (Å²) < 4.78 is 0. The first kappa shape index (κ1) is 14.5. The Morgan fingerprint density at radius 2 is 1.25 bits per heavy atom. The summed E-state index contributed by atoms with van der Waals surface area (Å²) in [6, 6.07) is 0. The number of hydrogen-bond donors (Lipinski definition) is 0. The lowest BCUT2D eigenvalue weighted by Crippen LogP contribution is -2.07. The van der Waals surface area contributed by atoms with Gasteiger partial charge in [-0.2, -0.15) is 0 Å². The molecular weight excluding hydrogens is 144 g/mol. The van der Waals surface area contributed by atoms with Crippen LogP contribution in [0.2, 0.25) is 0 Å². The van der Waals surface area contributed by atoms with Crippen LogP contribution in [-0.4, -0.2) is 0 Å². The van der Waals surface area contributed by atoms with Crippen LogP contribution in [0.1, 0.15) is 73.6 Å². The van der Waals surface area contributed by atoms with Gasteiger partial charge in [0.1, 0.15) is 0 Å². The van der Waals surface area contributed by atoms with Crippen molar-refractivity contribution in [1.29, 1.82) is 0 Å². The Bertz CT molecular complexity index is 68.1. The van der Waals surface area contributed by atoms with Crippen molar-refractivity contribution in [3.63, 3.8) is 0 Å². The molecule has 0 heteroatoms. The van der Waals surface area contributed by atoms with Crippen molar-refractivity contribution in [1.82, 2.24) is 0 Å². The highest BCUT2D eigenvalue weighted by Gasteiger charge is 2.25. The fourth-order valence-electron chi connectivity index (χ4n) is 1.58. The molecule has 0 aromatic rings. The van der Waals surface area contributed by atoms with Gasteiger partial charge in [-0.05, 0) is 18.3 Å². The quantitative estimate of drug-likeness (QED) is 0.520. The van der Waals surface area contributed by atoms with Gasteiger partial charge < -0.3 is 0 Å². The third kappa shape index (κ3) is 5.62. The lowest BCUT2D eigenvalue weighted by molar-refractivity contribution is 0.323. The van der Waals surface area contributed by atoms with Gasteiger partial charge >= 0.3 is 0 Å². The Kier molecular flexibility index (Phi) is 11.0. The Hall–Kier alpha value is 0. The summed E-state index contributed by atoms with van der Waals surface area (Å²) in [5.74, 6) is 0. The van der Waals surface area contributed by atoms with Gasteiger partial charge in [-0.1, -0.05) is 60.8 Å². The first-order chi connectivity index (χ1) is 5.77. The molecule has 0 nitrogen and oxygen atoms in total. The molecule has 0 atom stereocenters. The topological polar surface area (TPSA) is 0 Å². The summed E-state index contributed by atoms with van der Waals surface area (Å²) in [5.41, 5.74) is 0.736. The highest BCUT2D eigenvalue weighted by molar-refractivity contribution is 4.78. The smallest absolute Gasteiger partial charge is 0.0328 e. The zero-order chi connectivity index (χ0) is 10.0. The molecule has 0 N–H and O–H groups in total. The monoisotopic (exact) mass is 172 g/mol. The van der Waals surface area contributed by atoms with Crippen LogP contribution in [0.5, 0.6) is 0 Å². The predicted octanol–water partition coefficient (Wildman–Crippen LogP) is 5.03. The van der Waals surface area contributed by atoms with E-state index in [1.54, 1.807) is 0 Å². The van der Waals surface area contributed by atoms with Crippen molar-refractivity contribution in [2.75, 3.05) is 0 Å². The highest BCUT2D eigenvalue weighted by Crippen LogP contribution is 2.39. The van der Waals surface area contributed by atoms with Crippen molar-refractivity contribution in [3.05, 3.63) is 0 Å². The Balaban J connectivity index is 0. The molecule has 0 spiro atoms. The van der Waals surface area contributed by atoms with E-state index in [0.29, 0.717) is 0 Å². The highest BCUT2D eigenvalue weighted by atomic mass is 14.3. The van der Waals surface area contributed by atoms with Crippen molar-refractivity contribution in [3.8, 4) is 0 Å². The summed E-state index contributed by atoms with van der Waals surface area (Å²) in [5, 5.41) is 0. The average molecular weight is 172 g/mol. The number of rotatable bonds is 1. The van der Waals surface area contributed by atoms with Crippen molar-refractivity contribution < 1.29 is 0 Å². The van der Waals surface area contributed by atoms with Crippen molar-refractivity contribution in [2.24, 2.45) is 5.41 Å². The van der Waals surface area contributed by atoms with Gasteiger partial charge in [-0.25, -0.2) is 0 Å². The Morgan fingerprint density at radius 3 is 1.42 bits per heavy atom.